The normalized spacial score (nSPS) is 28.3. The summed E-state index contributed by atoms with van der Waals surface area (Å²) in [5, 5.41) is 0. The van der Waals surface area contributed by atoms with Crippen LogP contribution in [0.2, 0.25) is 5.82 Å². The fourth-order valence-corrected chi connectivity index (χ4v) is 1.15. The standard InChI is InChI=1S/C6H9BF3O2/c1-2-12-6(11)4-3-5(4)7(8,9)10/h4-5H,2-3H2,1H3/q-1/t4-,5+/m1/s1. The lowest BCUT2D eigenvalue weighted by Gasteiger charge is -2.11. The fourth-order valence-electron chi connectivity index (χ4n) is 1.15. The van der Waals surface area contributed by atoms with E-state index in [1.54, 1.807) is 6.92 Å². The Morgan fingerprint density at radius 3 is 2.50 bits per heavy atom. The van der Waals surface area contributed by atoms with E-state index in [0.717, 1.165) is 0 Å². The molecule has 1 fully saturated rings. The molecule has 0 saturated heterocycles. The maximum atomic E-state index is 11.9. The predicted molar refractivity (Wildman–Crippen MR) is 37.6 cm³/mol. The minimum Gasteiger partial charge on any atom is -0.466 e. The van der Waals surface area contributed by atoms with Gasteiger partial charge in [0.05, 0.1) is 6.61 Å². The van der Waals surface area contributed by atoms with Crippen molar-refractivity contribution in [3.63, 3.8) is 0 Å². The average Bonchev–Trinajstić information content (AvgIpc) is 2.62. The summed E-state index contributed by atoms with van der Waals surface area (Å²) in [6, 6.07) is 0. The van der Waals surface area contributed by atoms with Crippen LogP contribution in [-0.2, 0) is 9.53 Å². The smallest absolute Gasteiger partial charge is 0.466 e. The highest BCUT2D eigenvalue weighted by atomic mass is 19.4. The minimum atomic E-state index is -4.84. The van der Waals surface area contributed by atoms with Crippen molar-refractivity contribution >= 4 is 12.9 Å². The Hall–Kier alpha value is -0.675. The first kappa shape index (κ1) is 9.41. The minimum absolute atomic E-state index is 0.0810. The molecule has 1 aliphatic rings. The lowest BCUT2D eigenvalue weighted by Crippen LogP contribution is -2.18. The Labute approximate surface area is 68.1 Å². The Bertz CT molecular complexity index is 192. The van der Waals surface area contributed by atoms with Crippen LogP contribution in [0.5, 0.6) is 0 Å². The van der Waals surface area contributed by atoms with E-state index in [2.05, 4.69) is 4.74 Å². The van der Waals surface area contributed by atoms with Gasteiger partial charge < -0.3 is 17.7 Å². The van der Waals surface area contributed by atoms with Gasteiger partial charge in [0.15, 0.2) is 0 Å². The summed E-state index contributed by atoms with van der Waals surface area (Å²) in [5.74, 6) is -3.02. The number of ether oxygens (including phenoxy) is 1. The molecule has 0 aliphatic heterocycles. The Kier molecular flexibility index (Phi) is 2.35. The molecule has 1 aliphatic carbocycles. The largest absolute Gasteiger partial charge is 0.482 e. The zero-order valence-electron chi connectivity index (χ0n) is 6.60. The number of rotatable bonds is 3. The van der Waals surface area contributed by atoms with Gasteiger partial charge in [-0.25, -0.2) is 0 Å². The van der Waals surface area contributed by atoms with Gasteiger partial charge in [0.2, 0.25) is 0 Å². The van der Waals surface area contributed by atoms with Crippen molar-refractivity contribution in [2.24, 2.45) is 5.92 Å². The zero-order chi connectivity index (χ0) is 9.35. The number of esters is 1. The van der Waals surface area contributed by atoms with Crippen molar-refractivity contribution in [3.05, 3.63) is 0 Å². The molecule has 2 atom stereocenters. The monoisotopic (exact) mass is 181 g/mol. The fraction of sp³-hybridized carbons (Fsp3) is 0.833. The maximum absolute atomic E-state index is 11.9. The van der Waals surface area contributed by atoms with Crippen LogP contribution in [-0.4, -0.2) is 19.6 Å². The molecule has 0 unspecified atom stereocenters. The first-order valence-electron chi connectivity index (χ1n) is 3.83. The van der Waals surface area contributed by atoms with Crippen molar-refractivity contribution in [1.82, 2.24) is 0 Å². The SMILES string of the molecule is CCOC(=O)[C@@H]1C[C@@H]1[B-](F)(F)F. The number of carbonyl (C=O) groups is 1. The molecule has 0 heterocycles. The van der Waals surface area contributed by atoms with Crippen LogP contribution < -0.4 is 0 Å². The summed E-state index contributed by atoms with van der Waals surface area (Å²) in [7, 11) is 0. The highest BCUT2D eigenvalue weighted by molar-refractivity contribution is 6.61. The second-order valence-corrected chi connectivity index (χ2v) is 2.88. The second kappa shape index (κ2) is 2.99. The van der Waals surface area contributed by atoms with E-state index in [1.807, 2.05) is 0 Å². The number of hydrogen-bond donors (Lipinski definition) is 0. The van der Waals surface area contributed by atoms with Gasteiger partial charge in [0.25, 0.3) is 0 Å². The zero-order valence-corrected chi connectivity index (χ0v) is 6.60. The van der Waals surface area contributed by atoms with Crippen molar-refractivity contribution < 1.29 is 22.5 Å². The van der Waals surface area contributed by atoms with Crippen LogP contribution in [0.3, 0.4) is 0 Å². The van der Waals surface area contributed by atoms with Gasteiger partial charge in [-0.3, -0.25) is 4.79 Å². The highest BCUT2D eigenvalue weighted by Gasteiger charge is 2.54. The van der Waals surface area contributed by atoms with Crippen molar-refractivity contribution in [3.8, 4) is 0 Å². The Morgan fingerprint density at radius 1 is 1.58 bits per heavy atom. The van der Waals surface area contributed by atoms with Gasteiger partial charge in [0, 0.05) is 5.92 Å². The average molecular weight is 181 g/mol. The van der Waals surface area contributed by atoms with E-state index in [9.17, 15) is 17.7 Å². The van der Waals surface area contributed by atoms with Crippen molar-refractivity contribution in [2.75, 3.05) is 6.61 Å². The van der Waals surface area contributed by atoms with Gasteiger partial charge in [-0.15, -0.1) is 0 Å². The lowest BCUT2D eigenvalue weighted by molar-refractivity contribution is -0.144. The number of hydrogen-bond acceptors (Lipinski definition) is 2. The van der Waals surface area contributed by atoms with E-state index >= 15 is 0 Å². The van der Waals surface area contributed by atoms with Gasteiger partial charge in [-0.05, 0) is 6.92 Å². The number of halogens is 3. The van der Waals surface area contributed by atoms with Gasteiger partial charge in [-0.2, -0.15) is 0 Å². The number of carbonyl (C=O) groups excluding carboxylic acids is 1. The van der Waals surface area contributed by atoms with Crippen LogP contribution in [0.4, 0.5) is 12.9 Å². The summed E-state index contributed by atoms with van der Waals surface area (Å²) in [6.45, 7) is -3.12. The van der Waals surface area contributed by atoms with Gasteiger partial charge in [0.1, 0.15) is 0 Å². The van der Waals surface area contributed by atoms with Gasteiger partial charge >= 0.3 is 12.9 Å². The van der Waals surface area contributed by atoms with Crippen molar-refractivity contribution in [2.45, 2.75) is 19.2 Å². The lowest BCUT2D eigenvalue weighted by atomic mass is 9.82. The van der Waals surface area contributed by atoms with E-state index in [4.69, 9.17) is 0 Å². The Morgan fingerprint density at radius 2 is 2.17 bits per heavy atom. The van der Waals surface area contributed by atoms with Crippen LogP contribution >= 0.6 is 0 Å². The maximum Gasteiger partial charge on any atom is 0.482 e. The molecule has 0 bridgehead atoms. The van der Waals surface area contributed by atoms with E-state index in [0.29, 0.717) is 0 Å². The highest BCUT2D eigenvalue weighted by Crippen LogP contribution is 2.53. The molecule has 0 amide bonds. The molecule has 0 aromatic carbocycles. The van der Waals surface area contributed by atoms with Crippen LogP contribution in [0.15, 0.2) is 0 Å². The molecule has 6 heteroatoms. The third-order valence-corrected chi connectivity index (χ3v) is 1.91. The topological polar surface area (TPSA) is 26.3 Å². The first-order chi connectivity index (χ1) is 5.46. The quantitative estimate of drug-likeness (QED) is 0.489. The molecule has 2 nitrogen and oxygen atoms in total. The Balaban J connectivity index is 2.37. The predicted octanol–water partition coefficient (Wildman–Crippen LogP) is 1.79. The molecular weight excluding hydrogens is 172 g/mol. The molecule has 12 heavy (non-hydrogen) atoms. The van der Waals surface area contributed by atoms with Crippen LogP contribution in [0.1, 0.15) is 13.3 Å². The van der Waals surface area contributed by atoms with Crippen LogP contribution in [0, 0.1) is 5.92 Å². The molecule has 0 radical (unpaired) electrons. The molecule has 1 saturated carbocycles. The molecule has 0 aromatic heterocycles. The molecule has 1 rings (SSSR count). The summed E-state index contributed by atoms with van der Waals surface area (Å²) >= 11 is 0. The third-order valence-electron chi connectivity index (χ3n) is 1.91. The molecule has 0 N–H and O–H groups in total. The van der Waals surface area contributed by atoms with E-state index < -0.39 is 24.7 Å². The van der Waals surface area contributed by atoms with E-state index in [-0.39, 0.29) is 13.0 Å². The molecule has 0 aromatic rings. The molecular formula is C6H9BF3O2-. The second-order valence-electron chi connectivity index (χ2n) is 2.88. The van der Waals surface area contributed by atoms with Crippen molar-refractivity contribution in [1.29, 1.82) is 0 Å². The third kappa shape index (κ3) is 1.92. The molecule has 70 valence electrons. The summed E-state index contributed by atoms with van der Waals surface area (Å²) in [5.41, 5.74) is 0. The van der Waals surface area contributed by atoms with E-state index in [1.165, 1.54) is 0 Å². The molecule has 0 spiro atoms. The summed E-state index contributed by atoms with van der Waals surface area (Å²) in [4.78, 5) is 10.8. The summed E-state index contributed by atoms with van der Waals surface area (Å²) in [6.07, 6.45) is -0.0810. The first-order valence-corrected chi connectivity index (χ1v) is 3.83. The summed E-state index contributed by atoms with van der Waals surface area (Å²) < 4.78 is 40.3. The van der Waals surface area contributed by atoms with Crippen LogP contribution in [0.25, 0.3) is 0 Å². The van der Waals surface area contributed by atoms with Gasteiger partial charge in [-0.1, -0.05) is 12.2 Å².